The molecule has 3 rings (SSSR count). The predicted molar refractivity (Wildman–Crippen MR) is 123 cm³/mol. The van der Waals surface area contributed by atoms with Crippen LogP contribution in [0.4, 0.5) is 0 Å². The summed E-state index contributed by atoms with van der Waals surface area (Å²) in [6, 6.07) is 9.04. The SMILES string of the molecule is CCOC(=O)c1nc(C(O)c2cn(COCC[Si](C)(C)C)c3ccccc23)sc1C. The van der Waals surface area contributed by atoms with Crippen LogP contribution in [0.25, 0.3) is 10.9 Å². The maximum atomic E-state index is 12.1. The zero-order valence-electron chi connectivity index (χ0n) is 18.3. The number of para-hydroxylation sites is 1. The summed E-state index contributed by atoms with van der Waals surface area (Å²) in [7, 11) is -1.14. The number of carbonyl (C=O) groups excluding carboxylic acids is 1. The Morgan fingerprint density at radius 1 is 1.30 bits per heavy atom. The van der Waals surface area contributed by atoms with Crippen molar-refractivity contribution in [2.75, 3.05) is 13.2 Å². The molecule has 1 N–H and O–H groups in total. The number of hydrogen-bond acceptors (Lipinski definition) is 6. The molecule has 0 aliphatic rings. The lowest BCUT2D eigenvalue weighted by Gasteiger charge is -2.15. The van der Waals surface area contributed by atoms with Crippen molar-refractivity contribution in [1.29, 1.82) is 0 Å². The third-order valence-electron chi connectivity index (χ3n) is 4.86. The van der Waals surface area contributed by atoms with Gasteiger partial charge in [0.15, 0.2) is 5.69 Å². The van der Waals surface area contributed by atoms with Crippen molar-refractivity contribution in [3.05, 3.63) is 51.6 Å². The molecule has 2 heterocycles. The Morgan fingerprint density at radius 2 is 2.03 bits per heavy atom. The second-order valence-electron chi connectivity index (χ2n) is 8.50. The van der Waals surface area contributed by atoms with Gasteiger partial charge in [-0.05, 0) is 26.0 Å². The number of nitrogens with zero attached hydrogens (tertiary/aromatic N) is 2. The van der Waals surface area contributed by atoms with Gasteiger partial charge in [-0.2, -0.15) is 0 Å². The highest BCUT2D eigenvalue weighted by Gasteiger charge is 2.24. The third-order valence-corrected chi connectivity index (χ3v) is 7.58. The second-order valence-corrected chi connectivity index (χ2v) is 15.4. The van der Waals surface area contributed by atoms with E-state index in [4.69, 9.17) is 9.47 Å². The first-order valence-corrected chi connectivity index (χ1v) is 14.7. The molecule has 0 bridgehead atoms. The second kappa shape index (κ2) is 9.43. The number of benzene rings is 1. The largest absolute Gasteiger partial charge is 0.461 e. The highest BCUT2D eigenvalue weighted by atomic mass is 32.1. The van der Waals surface area contributed by atoms with E-state index in [0.717, 1.165) is 34.0 Å². The zero-order chi connectivity index (χ0) is 21.9. The van der Waals surface area contributed by atoms with Crippen molar-refractivity contribution in [3.8, 4) is 0 Å². The minimum Gasteiger partial charge on any atom is -0.461 e. The van der Waals surface area contributed by atoms with Gasteiger partial charge < -0.3 is 19.1 Å². The third kappa shape index (κ3) is 5.18. The van der Waals surface area contributed by atoms with Crippen molar-refractivity contribution in [3.63, 3.8) is 0 Å². The number of carbonyl (C=O) groups is 1. The summed E-state index contributed by atoms with van der Waals surface area (Å²) in [6.07, 6.45) is 0.995. The van der Waals surface area contributed by atoms with Crippen molar-refractivity contribution >= 4 is 36.3 Å². The molecule has 1 unspecified atom stereocenters. The van der Waals surface area contributed by atoms with E-state index in [1.54, 1.807) is 6.92 Å². The minimum absolute atomic E-state index is 0.273. The van der Waals surface area contributed by atoms with Gasteiger partial charge in [0, 0.05) is 36.7 Å². The van der Waals surface area contributed by atoms with Crippen molar-refractivity contribution in [1.82, 2.24) is 9.55 Å². The molecule has 2 aromatic heterocycles. The smallest absolute Gasteiger partial charge is 0.358 e. The minimum atomic E-state index is -1.14. The molecule has 162 valence electrons. The van der Waals surface area contributed by atoms with E-state index in [1.165, 1.54) is 11.3 Å². The lowest BCUT2D eigenvalue weighted by atomic mass is 10.1. The normalized spacial score (nSPS) is 13.0. The summed E-state index contributed by atoms with van der Waals surface area (Å²) in [4.78, 5) is 17.2. The lowest BCUT2D eigenvalue weighted by Crippen LogP contribution is -2.21. The molecule has 0 saturated carbocycles. The molecule has 0 aliphatic carbocycles. The van der Waals surface area contributed by atoms with Gasteiger partial charge in [-0.1, -0.05) is 37.8 Å². The molecule has 3 aromatic rings. The van der Waals surface area contributed by atoms with Crippen LogP contribution in [0.5, 0.6) is 0 Å². The Hall–Kier alpha value is -2.00. The summed E-state index contributed by atoms with van der Waals surface area (Å²) in [6.45, 7) is 12.0. The fourth-order valence-corrected chi connectivity index (χ4v) is 4.87. The van der Waals surface area contributed by atoms with E-state index < -0.39 is 20.1 Å². The van der Waals surface area contributed by atoms with Crippen molar-refractivity contribution < 1.29 is 19.4 Å². The maximum absolute atomic E-state index is 12.1. The predicted octanol–water partition coefficient (Wildman–Crippen LogP) is 4.98. The zero-order valence-corrected chi connectivity index (χ0v) is 20.1. The number of thiazole rings is 1. The molecule has 0 saturated heterocycles. The van der Waals surface area contributed by atoms with Crippen LogP contribution in [0, 0.1) is 6.92 Å². The first-order chi connectivity index (χ1) is 14.2. The van der Waals surface area contributed by atoms with Gasteiger partial charge in [-0.3, -0.25) is 0 Å². The molecule has 0 spiro atoms. The fraction of sp³-hybridized carbons (Fsp3) is 0.455. The number of fused-ring (bicyclic) bond motifs is 1. The summed E-state index contributed by atoms with van der Waals surface area (Å²) in [5, 5.41) is 12.5. The number of rotatable bonds is 9. The van der Waals surface area contributed by atoms with Gasteiger partial charge in [-0.15, -0.1) is 11.3 Å². The van der Waals surface area contributed by atoms with Crippen LogP contribution in [0.2, 0.25) is 25.7 Å². The summed E-state index contributed by atoms with van der Waals surface area (Å²) < 4.78 is 13.0. The van der Waals surface area contributed by atoms with Crippen LogP contribution in [0.3, 0.4) is 0 Å². The van der Waals surface area contributed by atoms with E-state index in [0.29, 0.717) is 18.3 Å². The molecule has 0 radical (unpaired) electrons. The Kier molecular flexibility index (Phi) is 7.12. The molecule has 1 atom stereocenters. The van der Waals surface area contributed by atoms with Gasteiger partial charge in [0.05, 0.1) is 12.1 Å². The average Bonchev–Trinajstić information content (AvgIpc) is 3.25. The highest BCUT2D eigenvalue weighted by molar-refractivity contribution is 7.12. The topological polar surface area (TPSA) is 73.6 Å². The van der Waals surface area contributed by atoms with Gasteiger partial charge in [0.25, 0.3) is 0 Å². The number of aromatic nitrogens is 2. The molecule has 8 heteroatoms. The first-order valence-electron chi connectivity index (χ1n) is 10.2. The molecule has 0 fully saturated rings. The lowest BCUT2D eigenvalue weighted by molar-refractivity contribution is 0.0519. The quantitative estimate of drug-likeness (QED) is 0.285. The Morgan fingerprint density at radius 3 is 2.73 bits per heavy atom. The van der Waals surface area contributed by atoms with Crippen LogP contribution in [-0.2, 0) is 16.2 Å². The van der Waals surface area contributed by atoms with Crippen molar-refractivity contribution in [2.45, 2.75) is 52.4 Å². The Bertz CT molecular complexity index is 1020. The van der Waals surface area contributed by atoms with Crippen molar-refractivity contribution in [2.24, 2.45) is 0 Å². The summed E-state index contributed by atoms with van der Waals surface area (Å²) in [5.74, 6) is -0.456. The standard InChI is InChI=1S/C22H30N2O4SSi/c1-6-28-22(26)19-15(2)29-21(23-19)20(25)17-13-24(14-27-11-12-30(3,4)5)18-10-8-7-9-16(17)18/h7-10,13,20,25H,6,11-12,14H2,1-5H3. The van der Waals surface area contributed by atoms with E-state index in [-0.39, 0.29) is 5.69 Å². The number of ether oxygens (including phenoxy) is 2. The van der Waals surface area contributed by atoms with Crippen LogP contribution in [0.15, 0.2) is 30.5 Å². The molecule has 1 aromatic carbocycles. The van der Waals surface area contributed by atoms with Gasteiger partial charge in [0.1, 0.15) is 17.8 Å². The number of aryl methyl sites for hydroxylation is 1. The molecule has 0 amide bonds. The fourth-order valence-electron chi connectivity index (χ4n) is 3.20. The van der Waals surface area contributed by atoms with Crippen LogP contribution < -0.4 is 0 Å². The van der Waals surface area contributed by atoms with Crippen LogP contribution in [-0.4, -0.2) is 41.9 Å². The summed E-state index contributed by atoms with van der Waals surface area (Å²) >= 11 is 1.32. The first kappa shape index (κ1) is 22.7. The summed E-state index contributed by atoms with van der Waals surface area (Å²) in [5.41, 5.74) is 2.02. The van der Waals surface area contributed by atoms with E-state index in [2.05, 4.69) is 24.6 Å². The van der Waals surface area contributed by atoms with Crippen LogP contribution >= 0.6 is 11.3 Å². The molecule has 6 nitrogen and oxygen atoms in total. The Balaban J connectivity index is 1.85. The van der Waals surface area contributed by atoms with Crippen LogP contribution in [0.1, 0.15) is 39.0 Å². The molecular weight excluding hydrogens is 416 g/mol. The molecular formula is C22H30N2O4SSi. The monoisotopic (exact) mass is 446 g/mol. The number of aliphatic hydroxyl groups excluding tert-OH is 1. The Labute approximate surface area is 182 Å². The van der Waals surface area contributed by atoms with E-state index in [1.807, 2.05) is 42.0 Å². The average molecular weight is 447 g/mol. The van der Waals surface area contributed by atoms with Gasteiger partial charge >= 0.3 is 5.97 Å². The maximum Gasteiger partial charge on any atom is 0.358 e. The number of hydrogen-bond donors (Lipinski definition) is 1. The van der Waals surface area contributed by atoms with Gasteiger partial charge in [-0.25, -0.2) is 9.78 Å². The molecule has 30 heavy (non-hydrogen) atoms. The van der Waals surface area contributed by atoms with E-state index >= 15 is 0 Å². The number of esters is 1. The highest BCUT2D eigenvalue weighted by Crippen LogP contribution is 2.33. The molecule has 0 aliphatic heterocycles. The number of aliphatic hydroxyl groups is 1. The van der Waals surface area contributed by atoms with Gasteiger partial charge in [0.2, 0.25) is 0 Å². The van der Waals surface area contributed by atoms with E-state index in [9.17, 15) is 9.90 Å².